The van der Waals surface area contributed by atoms with Crippen molar-refractivity contribution in [1.29, 1.82) is 0 Å². The van der Waals surface area contributed by atoms with Crippen molar-refractivity contribution in [2.24, 2.45) is 0 Å². The molecule has 6 heteroatoms. The number of carbonyl (C=O) groups excluding carboxylic acids is 1. The Morgan fingerprint density at radius 3 is 2.71 bits per heavy atom. The van der Waals surface area contributed by atoms with E-state index in [0.29, 0.717) is 6.54 Å². The number of nitrogens with one attached hydrogen (secondary N) is 2. The van der Waals surface area contributed by atoms with E-state index in [-0.39, 0.29) is 5.91 Å². The minimum Gasteiger partial charge on any atom is -0.495 e. The molecule has 2 rings (SSSR count). The van der Waals surface area contributed by atoms with Gasteiger partial charge in [0, 0.05) is 17.5 Å². The number of hydrogen-bond acceptors (Lipinski definition) is 5. The minimum atomic E-state index is -0.0972. The summed E-state index contributed by atoms with van der Waals surface area (Å²) in [6.45, 7) is 6.17. The topological polar surface area (TPSA) is 63.2 Å². The van der Waals surface area contributed by atoms with E-state index < -0.39 is 0 Å². The van der Waals surface area contributed by atoms with Crippen molar-refractivity contribution in [3.05, 3.63) is 33.8 Å². The number of hydrogen-bond donors (Lipinski definition) is 2. The molecular weight excluding hydrogens is 286 g/mol. The third kappa shape index (κ3) is 3.95. The molecule has 0 aliphatic heterocycles. The first-order valence-electron chi connectivity index (χ1n) is 6.62. The van der Waals surface area contributed by atoms with Gasteiger partial charge in [0.15, 0.2) is 0 Å². The lowest BCUT2D eigenvalue weighted by Gasteiger charge is -2.13. The molecule has 0 bridgehead atoms. The van der Waals surface area contributed by atoms with Crippen LogP contribution in [0.4, 0.5) is 11.4 Å². The number of benzene rings is 1. The number of anilines is 2. The van der Waals surface area contributed by atoms with Crippen LogP contribution in [0.3, 0.4) is 0 Å². The Morgan fingerprint density at radius 2 is 2.14 bits per heavy atom. The molecule has 0 atom stereocenters. The van der Waals surface area contributed by atoms with E-state index >= 15 is 0 Å². The largest absolute Gasteiger partial charge is 0.495 e. The number of thiazole rings is 1. The Bertz CT molecular complexity index is 652. The summed E-state index contributed by atoms with van der Waals surface area (Å²) < 4.78 is 5.34. The molecule has 1 heterocycles. The van der Waals surface area contributed by atoms with Crippen molar-refractivity contribution in [1.82, 2.24) is 4.98 Å². The molecule has 0 aliphatic rings. The molecule has 21 heavy (non-hydrogen) atoms. The molecule has 0 radical (unpaired) electrons. The highest BCUT2D eigenvalue weighted by Crippen LogP contribution is 2.29. The van der Waals surface area contributed by atoms with E-state index in [2.05, 4.69) is 15.6 Å². The van der Waals surface area contributed by atoms with E-state index in [9.17, 15) is 4.79 Å². The average Bonchev–Trinajstić information content (AvgIpc) is 2.74. The lowest BCUT2D eigenvalue weighted by molar-refractivity contribution is -0.114. The molecular formula is C15H19N3O2S. The van der Waals surface area contributed by atoms with Crippen LogP contribution < -0.4 is 15.4 Å². The average molecular weight is 305 g/mol. The molecule has 2 aromatic rings. The predicted octanol–water partition coefficient (Wildman–Crippen LogP) is 3.34. The maximum atomic E-state index is 11.1. The van der Waals surface area contributed by atoms with Crippen LogP contribution in [-0.2, 0) is 11.3 Å². The predicted molar refractivity (Wildman–Crippen MR) is 86.2 cm³/mol. The Morgan fingerprint density at radius 1 is 1.38 bits per heavy atom. The van der Waals surface area contributed by atoms with Crippen LogP contribution in [-0.4, -0.2) is 18.0 Å². The van der Waals surface area contributed by atoms with Crippen LogP contribution in [0.5, 0.6) is 5.75 Å². The van der Waals surface area contributed by atoms with Crippen LogP contribution >= 0.6 is 11.3 Å². The monoisotopic (exact) mass is 305 g/mol. The molecule has 0 spiro atoms. The van der Waals surface area contributed by atoms with Crippen molar-refractivity contribution in [2.75, 3.05) is 17.7 Å². The van der Waals surface area contributed by atoms with Gasteiger partial charge in [0.25, 0.3) is 0 Å². The molecule has 0 aliphatic carbocycles. The van der Waals surface area contributed by atoms with Gasteiger partial charge >= 0.3 is 0 Å². The van der Waals surface area contributed by atoms with Crippen LogP contribution in [0.15, 0.2) is 18.2 Å². The SMILES string of the molecule is COc1ccc(NC(C)=O)cc1NCc1sc(C)nc1C. The van der Waals surface area contributed by atoms with E-state index in [1.807, 2.05) is 32.0 Å². The normalized spacial score (nSPS) is 10.3. The van der Waals surface area contributed by atoms with E-state index in [4.69, 9.17) is 4.74 Å². The number of aryl methyl sites for hydroxylation is 2. The summed E-state index contributed by atoms with van der Waals surface area (Å²) in [5.74, 6) is 0.642. The van der Waals surface area contributed by atoms with Gasteiger partial charge in [-0.1, -0.05) is 0 Å². The molecule has 2 N–H and O–H groups in total. The highest BCUT2D eigenvalue weighted by atomic mass is 32.1. The number of amides is 1. The van der Waals surface area contributed by atoms with E-state index in [1.54, 1.807) is 18.4 Å². The third-order valence-corrected chi connectivity index (χ3v) is 4.03. The fraction of sp³-hybridized carbons (Fsp3) is 0.333. The van der Waals surface area contributed by atoms with Gasteiger partial charge in [0.2, 0.25) is 5.91 Å². The fourth-order valence-electron chi connectivity index (χ4n) is 2.04. The van der Waals surface area contributed by atoms with Crippen LogP contribution in [0.2, 0.25) is 0 Å². The van der Waals surface area contributed by atoms with Crippen molar-refractivity contribution < 1.29 is 9.53 Å². The number of rotatable bonds is 5. The van der Waals surface area contributed by atoms with Gasteiger partial charge in [-0.2, -0.15) is 0 Å². The molecule has 0 unspecified atom stereocenters. The molecule has 0 fully saturated rings. The summed E-state index contributed by atoms with van der Waals surface area (Å²) in [6.07, 6.45) is 0. The Kier molecular flexibility index (Phi) is 4.80. The summed E-state index contributed by atoms with van der Waals surface area (Å²) in [5.41, 5.74) is 2.62. The second-order valence-corrected chi connectivity index (χ2v) is 5.98. The first kappa shape index (κ1) is 15.3. The summed E-state index contributed by atoms with van der Waals surface area (Å²) >= 11 is 1.68. The Labute approximate surface area is 128 Å². The summed E-state index contributed by atoms with van der Waals surface area (Å²) in [6, 6.07) is 5.51. The van der Waals surface area contributed by atoms with Crippen LogP contribution in [0.25, 0.3) is 0 Å². The maximum Gasteiger partial charge on any atom is 0.221 e. The van der Waals surface area contributed by atoms with Crippen molar-refractivity contribution in [3.8, 4) is 5.75 Å². The van der Waals surface area contributed by atoms with Gasteiger partial charge < -0.3 is 15.4 Å². The second kappa shape index (κ2) is 6.58. The lowest BCUT2D eigenvalue weighted by Crippen LogP contribution is -2.07. The zero-order valence-corrected chi connectivity index (χ0v) is 13.4. The van der Waals surface area contributed by atoms with Gasteiger partial charge in [-0.3, -0.25) is 4.79 Å². The minimum absolute atomic E-state index is 0.0972. The number of ether oxygens (including phenoxy) is 1. The van der Waals surface area contributed by atoms with Gasteiger partial charge in [-0.25, -0.2) is 4.98 Å². The molecule has 0 saturated heterocycles. The molecule has 1 aromatic carbocycles. The zero-order valence-electron chi connectivity index (χ0n) is 12.6. The first-order valence-corrected chi connectivity index (χ1v) is 7.43. The van der Waals surface area contributed by atoms with Gasteiger partial charge in [0.1, 0.15) is 5.75 Å². The van der Waals surface area contributed by atoms with Gasteiger partial charge in [0.05, 0.1) is 30.0 Å². The van der Waals surface area contributed by atoms with Crippen molar-refractivity contribution >= 4 is 28.6 Å². The highest BCUT2D eigenvalue weighted by Gasteiger charge is 2.08. The van der Waals surface area contributed by atoms with Crippen LogP contribution in [0.1, 0.15) is 22.5 Å². The van der Waals surface area contributed by atoms with Gasteiger partial charge in [-0.15, -0.1) is 11.3 Å². The molecule has 0 saturated carbocycles. The Hall–Kier alpha value is -2.08. The summed E-state index contributed by atoms with van der Waals surface area (Å²) in [7, 11) is 1.63. The maximum absolute atomic E-state index is 11.1. The van der Waals surface area contributed by atoms with E-state index in [0.717, 1.165) is 27.8 Å². The van der Waals surface area contributed by atoms with E-state index in [1.165, 1.54) is 11.8 Å². The molecule has 1 aromatic heterocycles. The lowest BCUT2D eigenvalue weighted by atomic mass is 10.2. The molecule has 5 nitrogen and oxygen atoms in total. The number of carbonyl (C=O) groups is 1. The number of aromatic nitrogens is 1. The van der Waals surface area contributed by atoms with Gasteiger partial charge in [-0.05, 0) is 32.0 Å². The first-order chi connectivity index (χ1) is 9.99. The number of methoxy groups -OCH3 is 1. The quantitative estimate of drug-likeness (QED) is 0.889. The third-order valence-electron chi connectivity index (χ3n) is 2.96. The second-order valence-electron chi connectivity index (χ2n) is 4.69. The summed E-state index contributed by atoms with van der Waals surface area (Å²) in [5, 5.41) is 7.17. The fourth-order valence-corrected chi connectivity index (χ4v) is 2.92. The standard InChI is InChI=1S/C15H19N3O2S/c1-9-15(21-11(3)17-9)8-16-13-7-12(18-10(2)19)5-6-14(13)20-4/h5-7,16H,8H2,1-4H3,(H,18,19). The molecule has 1 amide bonds. The summed E-state index contributed by atoms with van der Waals surface area (Å²) in [4.78, 5) is 16.7. The Balaban J connectivity index is 2.17. The number of nitrogens with zero attached hydrogens (tertiary/aromatic N) is 1. The smallest absolute Gasteiger partial charge is 0.221 e. The highest BCUT2D eigenvalue weighted by molar-refractivity contribution is 7.11. The zero-order chi connectivity index (χ0) is 15.4. The van der Waals surface area contributed by atoms with Crippen molar-refractivity contribution in [3.63, 3.8) is 0 Å². The van der Waals surface area contributed by atoms with Crippen LogP contribution in [0, 0.1) is 13.8 Å². The van der Waals surface area contributed by atoms with Crippen molar-refractivity contribution in [2.45, 2.75) is 27.3 Å². The molecule has 112 valence electrons.